The number of thiazole rings is 1. The van der Waals surface area contributed by atoms with Gasteiger partial charge >= 0.3 is 12.1 Å². The van der Waals surface area contributed by atoms with E-state index in [0.717, 1.165) is 11.3 Å². The highest BCUT2D eigenvalue weighted by Crippen LogP contribution is 2.35. The normalized spacial score (nSPS) is 10.8. The van der Waals surface area contributed by atoms with Gasteiger partial charge < -0.3 is 14.2 Å². The summed E-state index contributed by atoms with van der Waals surface area (Å²) in [4.78, 5) is 47.6. The summed E-state index contributed by atoms with van der Waals surface area (Å²) in [7, 11) is 0. The quantitative estimate of drug-likeness (QED) is 0.362. The molecule has 3 aromatic rings. The molecule has 0 bridgehead atoms. The minimum absolute atomic E-state index is 0.216. The van der Waals surface area contributed by atoms with Crippen molar-refractivity contribution in [3.8, 4) is 11.4 Å². The number of rotatable bonds is 8. The van der Waals surface area contributed by atoms with E-state index in [1.54, 1.807) is 33.8 Å². The molecule has 3 aromatic heterocycles. The molecule has 0 aromatic carbocycles. The van der Waals surface area contributed by atoms with Crippen LogP contribution >= 0.6 is 11.3 Å². The van der Waals surface area contributed by atoms with Crippen molar-refractivity contribution >= 4 is 34.5 Å². The summed E-state index contributed by atoms with van der Waals surface area (Å²) in [6, 6.07) is 1.65. The van der Waals surface area contributed by atoms with E-state index in [1.165, 1.54) is 35.9 Å². The Morgan fingerprint density at radius 2 is 1.72 bits per heavy atom. The number of ether oxygens (including phenoxy) is 3. The van der Waals surface area contributed by atoms with Crippen molar-refractivity contribution in [3.63, 3.8) is 0 Å². The van der Waals surface area contributed by atoms with Crippen LogP contribution in [-0.4, -0.2) is 56.0 Å². The Morgan fingerprint density at radius 3 is 2.34 bits per heavy atom. The molecule has 0 atom stereocenters. The molecule has 32 heavy (non-hydrogen) atoms. The van der Waals surface area contributed by atoms with Crippen LogP contribution in [0.15, 0.2) is 37.1 Å². The van der Waals surface area contributed by atoms with Crippen LogP contribution in [0.1, 0.15) is 37.4 Å². The second-order valence-corrected chi connectivity index (χ2v) is 7.86. The second kappa shape index (κ2) is 10.6. The molecule has 0 saturated heterocycles. The standard InChI is InChI=1S/C20H22N6O5S/c1-12(2)30-17(27)16-15(14-10-21-8-9-22-14)25-19(32-16)26(18-23-6-5-7-24-18)11-29-20(28)31-13(3)4/h5-10,12-13H,11H2,1-4H3. The first-order valence-corrected chi connectivity index (χ1v) is 10.5. The first-order valence-electron chi connectivity index (χ1n) is 9.71. The Morgan fingerprint density at radius 1 is 1.00 bits per heavy atom. The Hall–Kier alpha value is -3.67. The number of hydrogen-bond acceptors (Lipinski definition) is 12. The summed E-state index contributed by atoms with van der Waals surface area (Å²) in [6.07, 6.45) is 6.04. The van der Waals surface area contributed by atoms with Crippen LogP contribution in [-0.2, 0) is 14.2 Å². The molecular formula is C20H22N6O5S. The predicted molar refractivity (Wildman–Crippen MR) is 115 cm³/mol. The smallest absolute Gasteiger partial charge is 0.459 e. The maximum absolute atomic E-state index is 12.8. The van der Waals surface area contributed by atoms with E-state index in [4.69, 9.17) is 14.2 Å². The van der Waals surface area contributed by atoms with Crippen LogP contribution in [0.3, 0.4) is 0 Å². The molecule has 0 aliphatic carbocycles. The van der Waals surface area contributed by atoms with E-state index in [2.05, 4.69) is 24.9 Å². The highest BCUT2D eigenvalue weighted by molar-refractivity contribution is 7.18. The van der Waals surface area contributed by atoms with Crippen LogP contribution in [0, 0.1) is 0 Å². The Kier molecular flexibility index (Phi) is 7.60. The lowest BCUT2D eigenvalue weighted by Crippen LogP contribution is -2.26. The van der Waals surface area contributed by atoms with Crippen molar-refractivity contribution in [2.24, 2.45) is 0 Å². The fraction of sp³-hybridized carbons (Fsp3) is 0.350. The fourth-order valence-corrected chi connectivity index (χ4v) is 3.34. The molecule has 0 aliphatic heterocycles. The summed E-state index contributed by atoms with van der Waals surface area (Å²) >= 11 is 1.03. The molecule has 3 rings (SSSR count). The molecule has 168 valence electrons. The summed E-state index contributed by atoms with van der Waals surface area (Å²) < 4.78 is 15.6. The van der Waals surface area contributed by atoms with Crippen LogP contribution < -0.4 is 4.90 Å². The monoisotopic (exact) mass is 458 g/mol. The van der Waals surface area contributed by atoms with Crippen molar-refractivity contribution in [3.05, 3.63) is 41.9 Å². The van der Waals surface area contributed by atoms with Gasteiger partial charge in [0.1, 0.15) is 16.3 Å². The lowest BCUT2D eigenvalue weighted by atomic mass is 10.3. The topological polar surface area (TPSA) is 130 Å². The molecule has 12 heteroatoms. The highest BCUT2D eigenvalue weighted by atomic mass is 32.1. The minimum Gasteiger partial charge on any atom is -0.459 e. The average molecular weight is 459 g/mol. The third-order valence-corrected chi connectivity index (χ3v) is 4.68. The fourth-order valence-electron chi connectivity index (χ4n) is 2.40. The number of carbonyl (C=O) groups excluding carboxylic acids is 2. The predicted octanol–water partition coefficient (Wildman–Crippen LogP) is 3.61. The lowest BCUT2D eigenvalue weighted by molar-refractivity contribution is 0.0355. The molecule has 11 nitrogen and oxygen atoms in total. The summed E-state index contributed by atoms with van der Waals surface area (Å²) in [5.41, 5.74) is 0.675. The van der Waals surface area contributed by atoms with Gasteiger partial charge in [-0.15, -0.1) is 0 Å². The van der Waals surface area contributed by atoms with E-state index in [0.29, 0.717) is 10.8 Å². The van der Waals surface area contributed by atoms with Crippen LogP contribution in [0.2, 0.25) is 0 Å². The SMILES string of the molecule is CC(C)OC(=O)OCN(c1ncccn1)c1nc(-c2cnccn2)c(C(=O)OC(C)C)s1. The lowest BCUT2D eigenvalue weighted by Gasteiger charge is -2.19. The molecule has 0 saturated carbocycles. The molecular weight excluding hydrogens is 436 g/mol. The van der Waals surface area contributed by atoms with Gasteiger partial charge in [0, 0.05) is 24.8 Å². The first-order chi connectivity index (χ1) is 15.3. The van der Waals surface area contributed by atoms with Crippen molar-refractivity contribution in [1.82, 2.24) is 24.9 Å². The van der Waals surface area contributed by atoms with Gasteiger partial charge in [-0.1, -0.05) is 11.3 Å². The van der Waals surface area contributed by atoms with Gasteiger partial charge in [0.25, 0.3) is 0 Å². The summed E-state index contributed by atoms with van der Waals surface area (Å²) in [5.74, 6) is -0.341. The zero-order valence-corrected chi connectivity index (χ0v) is 18.8. The van der Waals surface area contributed by atoms with Gasteiger partial charge in [-0.25, -0.2) is 24.5 Å². The molecule has 0 unspecified atom stereocenters. The van der Waals surface area contributed by atoms with Gasteiger partial charge in [0.15, 0.2) is 11.9 Å². The third kappa shape index (κ3) is 5.94. The van der Waals surface area contributed by atoms with Crippen LogP contribution in [0.25, 0.3) is 11.4 Å². The number of nitrogens with zero attached hydrogens (tertiary/aromatic N) is 6. The van der Waals surface area contributed by atoms with Crippen LogP contribution in [0.5, 0.6) is 0 Å². The molecule has 0 aliphatic rings. The van der Waals surface area contributed by atoms with Gasteiger partial charge in [-0.05, 0) is 33.8 Å². The average Bonchev–Trinajstić information content (AvgIpc) is 3.20. The maximum Gasteiger partial charge on any atom is 0.510 e. The largest absolute Gasteiger partial charge is 0.510 e. The zero-order chi connectivity index (χ0) is 23.1. The van der Waals surface area contributed by atoms with Crippen molar-refractivity contribution in [2.45, 2.75) is 39.9 Å². The summed E-state index contributed by atoms with van der Waals surface area (Å²) in [6.45, 7) is 6.63. The van der Waals surface area contributed by atoms with E-state index >= 15 is 0 Å². The molecule has 0 spiro atoms. The van der Waals surface area contributed by atoms with Gasteiger partial charge in [0.2, 0.25) is 5.95 Å². The number of aromatic nitrogens is 5. The van der Waals surface area contributed by atoms with Gasteiger partial charge in [0.05, 0.1) is 18.4 Å². The summed E-state index contributed by atoms with van der Waals surface area (Å²) in [5, 5.41) is 0.296. The second-order valence-electron chi connectivity index (χ2n) is 6.89. The number of esters is 1. The Balaban J connectivity index is 2.01. The minimum atomic E-state index is -0.855. The van der Waals surface area contributed by atoms with Gasteiger partial charge in [-0.2, -0.15) is 0 Å². The Bertz CT molecular complexity index is 1050. The van der Waals surface area contributed by atoms with E-state index < -0.39 is 12.1 Å². The molecule has 0 amide bonds. The zero-order valence-electron chi connectivity index (χ0n) is 18.0. The molecule has 0 radical (unpaired) electrons. The maximum atomic E-state index is 12.8. The van der Waals surface area contributed by atoms with Crippen molar-refractivity contribution in [1.29, 1.82) is 0 Å². The molecule has 3 heterocycles. The molecule has 0 fully saturated rings. The molecule has 0 N–H and O–H groups in total. The van der Waals surface area contributed by atoms with Crippen molar-refractivity contribution < 1.29 is 23.8 Å². The number of hydrogen-bond donors (Lipinski definition) is 0. The van der Waals surface area contributed by atoms with E-state index in [-0.39, 0.29) is 35.5 Å². The van der Waals surface area contributed by atoms with E-state index in [9.17, 15) is 9.59 Å². The Labute approximate surface area is 188 Å². The van der Waals surface area contributed by atoms with Gasteiger partial charge in [-0.3, -0.25) is 14.9 Å². The first kappa shape index (κ1) is 23.0. The van der Waals surface area contributed by atoms with Crippen LogP contribution in [0.4, 0.5) is 15.9 Å². The van der Waals surface area contributed by atoms with Crippen molar-refractivity contribution in [2.75, 3.05) is 11.6 Å². The number of anilines is 2. The van der Waals surface area contributed by atoms with E-state index in [1.807, 2.05) is 0 Å². The number of carbonyl (C=O) groups is 2. The highest BCUT2D eigenvalue weighted by Gasteiger charge is 2.27. The third-order valence-electron chi connectivity index (χ3n) is 3.62.